The van der Waals surface area contributed by atoms with Crippen molar-refractivity contribution in [2.24, 2.45) is 0 Å². The molecule has 1 saturated carbocycles. The second-order valence-electron chi connectivity index (χ2n) is 5.23. The number of carbonyl (C=O) groups excluding carboxylic acids is 1. The van der Waals surface area contributed by atoms with Crippen LogP contribution in [0.15, 0.2) is 11.6 Å². The van der Waals surface area contributed by atoms with Crippen molar-refractivity contribution < 1.29 is 13.2 Å². The lowest BCUT2D eigenvalue weighted by Crippen LogP contribution is -2.49. The largest absolute Gasteiger partial charge is 0.336 e. The van der Waals surface area contributed by atoms with Crippen LogP contribution in [0.3, 0.4) is 0 Å². The van der Waals surface area contributed by atoms with Gasteiger partial charge in [-0.3, -0.25) is 9.52 Å². The average Bonchev–Trinajstić information content (AvgIpc) is 2.96. The van der Waals surface area contributed by atoms with Crippen LogP contribution in [0, 0.1) is 0 Å². The van der Waals surface area contributed by atoms with E-state index in [1.807, 2.05) is 10.3 Å². The van der Waals surface area contributed by atoms with Crippen LogP contribution in [0.1, 0.15) is 32.1 Å². The zero-order valence-corrected chi connectivity index (χ0v) is 12.6. The number of thiazole rings is 1. The predicted molar refractivity (Wildman–Crippen MR) is 77.2 cm³/mol. The normalized spacial score (nSPS) is 23.6. The molecule has 1 N–H and O–H groups in total. The average molecular weight is 315 g/mol. The molecular weight excluding hydrogens is 298 g/mol. The Labute approximate surface area is 122 Å². The number of aromatic nitrogens is 1. The molecule has 1 aliphatic carbocycles. The summed E-state index contributed by atoms with van der Waals surface area (Å²) in [6, 6.07) is -0.420. The van der Waals surface area contributed by atoms with Gasteiger partial charge in [-0.2, -0.15) is 0 Å². The Morgan fingerprint density at radius 3 is 2.75 bits per heavy atom. The van der Waals surface area contributed by atoms with Crippen molar-refractivity contribution in [3.8, 4) is 0 Å². The van der Waals surface area contributed by atoms with Crippen molar-refractivity contribution in [2.45, 2.75) is 43.4 Å². The third kappa shape index (κ3) is 2.54. The molecule has 2 fully saturated rings. The van der Waals surface area contributed by atoms with Crippen LogP contribution < -0.4 is 9.62 Å². The summed E-state index contributed by atoms with van der Waals surface area (Å²) in [5.41, 5.74) is 0. The van der Waals surface area contributed by atoms with Gasteiger partial charge in [-0.1, -0.05) is 6.42 Å². The molecule has 8 heteroatoms. The number of hydrogen-bond acceptors (Lipinski definition) is 6. The molecule has 2 aliphatic rings. The van der Waals surface area contributed by atoms with E-state index in [0.717, 1.165) is 24.5 Å². The Bertz CT molecular complexity index is 581. The summed E-state index contributed by atoms with van der Waals surface area (Å²) in [7, 11) is -3.50. The topological polar surface area (TPSA) is 79.4 Å². The fourth-order valence-electron chi connectivity index (χ4n) is 2.60. The van der Waals surface area contributed by atoms with Gasteiger partial charge in [0.2, 0.25) is 10.0 Å². The SMILES string of the molecule is O=C(NS(=O)(=O)C1CCC1)[C@H]1CCCN1c1nccs1. The van der Waals surface area contributed by atoms with Gasteiger partial charge < -0.3 is 4.90 Å². The molecule has 3 rings (SSSR count). The highest BCUT2D eigenvalue weighted by atomic mass is 32.2. The van der Waals surface area contributed by atoms with Crippen molar-refractivity contribution in [2.75, 3.05) is 11.4 Å². The monoisotopic (exact) mass is 315 g/mol. The van der Waals surface area contributed by atoms with Crippen LogP contribution in [0.25, 0.3) is 0 Å². The fourth-order valence-corrected chi connectivity index (χ4v) is 4.85. The molecular formula is C12H17N3O3S2. The number of carbonyl (C=O) groups is 1. The Hall–Kier alpha value is -1.15. The van der Waals surface area contributed by atoms with Gasteiger partial charge in [0.1, 0.15) is 6.04 Å². The summed E-state index contributed by atoms with van der Waals surface area (Å²) in [5, 5.41) is 2.25. The van der Waals surface area contributed by atoms with Gasteiger partial charge in [0.15, 0.2) is 5.13 Å². The van der Waals surface area contributed by atoms with Crippen molar-refractivity contribution >= 4 is 32.4 Å². The number of anilines is 1. The lowest BCUT2D eigenvalue weighted by atomic mass is 10.0. The maximum atomic E-state index is 12.3. The molecule has 0 bridgehead atoms. The highest BCUT2D eigenvalue weighted by molar-refractivity contribution is 7.90. The lowest BCUT2D eigenvalue weighted by molar-refractivity contribution is -0.120. The van der Waals surface area contributed by atoms with Gasteiger partial charge in [0.05, 0.1) is 5.25 Å². The zero-order chi connectivity index (χ0) is 14.2. The van der Waals surface area contributed by atoms with Crippen LogP contribution in [0.4, 0.5) is 5.13 Å². The smallest absolute Gasteiger partial charge is 0.256 e. The fraction of sp³-hybridized carbons (Fsp3) is 0.667. The van der Waals surface area contributed by atoms with Crippen molar-refractivity contribution in [1.29, 1.82) is 0 Å². The quantitative estimate of drug-likeness (QED) is 0.900. The Kier molecular flexibility index (Phi) is 3.68. The van der Waals surface area contributed by atoms with E-state index < -0.39 is 22.0 Å². The molecule has 1 amide bonds. The predicted octanol–water partition coefficient (Wildman–Crippen LogP) is 1.11. The lowest BCUT2D eigenvalue weighted by Gasteiger charge is -2.27. The number of nitrogens with zero attached hydrogens (tertiary/aromatic N) is 2. The minimum Gasteiger partial charge on any atom is -0.336 e. The molecule has 110 valence electrons. The summed E-state index contributed by atoms with van der Waals surface area (Å²) < 4.78 is 26.3. The number of hydrogen-bond donors (Lipinski definition) is 1. The van der Waals surface area contributed by atoms with Gasteiger partial charge >= 0.3 is 0 Å². The first-order valence-corrected chi connectivity index (χ1v) is 9.22. The Morgan fingerprint density at radius 2 is 2.15 bits per heavy atom. The molecule has 20 heavy (non-hydrogen) atoms. The highest BCUT2D eigenvalue weighted by Gasteiger charge is 2.37. The van der Waals surface area contributed by atoms with Gasteiger partial charge in [0, 0.05) is 18.1 Å². The van der Waals surface area contributed by atoms with Crippen LogP contribution in [-0.4, -0.2) is 37.1 Å². The molecule has 0 radical (unpaired) electrons. The van der Waals surface area contributed by atoms with E-state index in [0.29, 0.717) is 19.3 Å². The summed E-state index contributed by atoms with van der Waals surface area (Å²) in [4.78, 5) is 18.4. The van der Waals surface area contributed by atoms with E-state index in [-0.39, 0.29) is 5.25 Å². The van der Waals surface area contributed by atoms with Crippen molar-refractivity contribution in [1.82, 2.24) is 9.71 Å². The highest BCUT2D eigenvalue weighted by Crippen LogP contribution is 2.29. The minimum atomic E-state index is -3.50. The van der Waals surface area contributed by atoms with Gasteiger partial charge in [-0.15, -0.1) is 11.3 Å². The van der Waals surface area contributed by atoms with E-state index in [2.05, 4.69) is 9.71 Å². The number of sulfonamides is 1. The Balaban J connectivity index is 1.70. The van der Waals surface area contributed by atoms with Crippen LogP contribution in [0.2, 0.25) is 0 Å². The Morgan fingerprint density at radius 1 is 1.35 bits per heavy atom. The molecule has 1 atom stereocenters. The molecule has 1 aromatic rings. The van der Waals surface area contributed by atoms with Crippen LogP contribution in [0.5, 0.6) is 0 Å². The summed E-state index contributed by atoms with van der Waals surface area (Å²) in [5.74, 6) is -0.412. The van der Waals surface area contributed by atoms with E-state index in [1.54, 1.807) is 6.20 Å². The minimum absolute atomic E-state index is 0.388. The van der Waals surface area contributed by atoms with Gasteiger partial charge in [-0.05, 0) is 25.7 Å². The zero-order valence-electron chi connectivity index (χ0n) is 11.0. The van der Waals surface area contributed by atoms with E-state index in [1.165, 1.54) is 11.3 Å². The van der Waals surface area contributed by atoms with E-state index in [9.17, 15) is 13.2 Å². The second-order valence-corrected chi connectivity index (χ2v) is 8.06. The summed E-state index contributed by atoms with van der Waals surface area (Å²) in [6.45, 7) is 0.745. The second kappa shape index (κ2) is 5.33. The number of amides is 1. The first-order valence-electron chi connectivity index (χ1n) is 6.79. The first-order chi connectivity index (χ1) is 9.58. The number of nitrogens with one attached hydrogen (secondary N) is 1. The van der Waals surface area contributed by atoms with Crippen molar-refractivity contribution in [3.05, 3.63) is 11.6 Å². The first kappa shape index (κ1) is 13.8. The molecule has 6 nitrogen and oxygen atoms in total. The van der Waals surface area contributed by atoms with E-state index in [4.69, 9.17) is 0 Å². The van der Waals surface area contributed by atoms with Gasteiger partial charge in [0.25, 0.3) is 5.91 Å². The number of rotatable bonds is 4. The molecule has 0 unspecified atom stereocenters. The summed E-state index contributed by atoms with van der Waals surface area (Å²) >= 11 is 1.47. The molecule has 1 saturated heterocycles. The van der Waals surface area contributed by atoms with Gasteiger partial charge in [-0.25, -0.2) is 13.4 Å². The molecule has 1 aliphatic heterocycles. The third-order valence-electron chi connectivity index (χ3n) is 3.95. The maximum Gasteiger partial charge on any atom is 0.256 e. The van der Waals surface area contributed by atoms with Crippen LogP contribution in [-0.2, 0) is 14.8 Å². The van der Waals surface area contributed by atoms with E-state index >= 15 is 0 Å². The third-order valence-corrected chi connectivity index (χ3v) is 6.60. The van der Waals surface area contributed by atoms with Crippen LogP contribution >= 0.6 is 11.3 Å². The standard InChI is InChI=1S/C12H17N3O3S2/c16-11(14-20(17,18)9-3-1-4-9)10-5-2-7-15(10)12-13-6-8-19-12/h6,8-10H,1-5,7H2,(H,14,16)/t10-/m1/s1. The maximum absolute atomic E-state index is 12.3. The van der Waals surface area contributed by atoms with Crippen molar-refractivity contribution in [3.63, 3.8) is 0 Å². The molecule has 0 aromatic carbocycles. The molecule has 0 spiro atoms. The summed E-state index contributed by atoms with van der Waals surface area (Å²) in [6.07, 6.45) is 5.48. The molecule has 2 heterocycles. The molecule has 1 aromatic heterocycles.